The Morgan fingerprint density at radius 2 is 2.06 bits per heavy atom. The van der Waals surface area contributed by atoms with Gasteiger partial charge in [0.1, 0.15) is 5.75 Å². The van der Waals surface area contributed by atoms with Crippen LogP contribution in [0.1, 0.15) is 5.56 Å². The molecule has 0 aliphatic rings. The lowest BCUT2D eigenvalue weighted by molar-refractivity contribution is -0.143. The van der Waals surface area contributed by atoms with E-state index in [0.29, 0.717) is 0 Å². The van der Waals surface area contributed by atoms with Gasteiger partial charge in [-0.3, -0.25) is 0 Å². The molecule has 3 nitrogen and oxygen atoms in total. The molecule has 0 aliphatic carbocycles. The number of benzene rings is 1. The molecule has 1 aromatic rings. The van der Waals surface area contributed by atoms with Gasteiger partial charge in [0.05, 0.1) is 17.7 Å². The fourth-order valence-corrected chi connectivity index (χ4v) is 1.22. The summed E-state index contributed by atoms with van der Waals surface area (Å²) in [7, 11) is 1.17. The Hall–Kier alpha value is -1.43. The maximum absolute atomic E-state index is 12.3. The molecule has 1 aromatic carbocycles. The summed E-state index contributed by atoms with van der Waals surface area (Å²) in [6.07, 6.45) is -4.47. The van der Waals surface area contributed by atoms with Gasteiger partial charge in [-0.05, 0) is 18.2 Å². The third kappa shape index (κ3) is 3.81. The Morgan fingerprint density at radius 1 is 1.41 bits per heavy atom. The van der Waals surface area contributed by atoms with Gasteiger partial charge in [0.15, 0.2) is 6.61 Å². The van der Waals surface area contributed by atoms with Gasteiger partial charge in [-0.15, -0.1) is 0 Å². The van der Waals surface area contributed by atoms with Crippen molar-refractivity contribution in [1.29, 1.82) is 0 Å². The SMILES string of the molecule is COC(=O)COc1ccc(C(F)(F)F)cc1Cl. The second-order valence-electron chi connectivity index (χ2n) is 3.01. The molecule has 0 bridgehead atoms. The van der Waals surface area contributed by atoms with Crippen molar-refractivity contribution in [2.75, 3.05) is 13.7 Å². The minimum absolute atomic E-state index is 0.00920. The van der Waals surface area contributed by atoms with Crippen molar-refractivity contribution < 1.29 is 27.4 Å². The summed E-state index contributed by atoms with van der Waals surface area (Å²) < 4.78 is 46.1. The first-order valence-electron chi connectivity index (χ1n) is 4.41. The van der Waals surface area contributed by atoms with Crippen LogP contribution in [0.5, 0.6) is 5.75 Å². The summed E-state index contributed by atoms with van der Waals surface area (Å²) in [5, 5.41) is -0.219. The summed E-state index contributed by atoms with van der Waals surface area (Å²) in [5.74, 6) is -0.661. The topological polar surface area (TPSA) is 35.5 Å². The fraction of sp³-hybridized carbons (Fsp3) is 0.300. The van der Waals surface area contributed by atoms with E-state index in [1.54, 1.807) is 0 Å². The quantitative estimate of drug-likeness (QED) is 0.791. The molecule has 0 atom stereocenters. The van der Waals surface area contributed by atoms with Crippen LogP contribution in [0.2, 0.25) is 5.02 Å². The average Bonchev–Trinajstić information content (AvgIpc) is 2.25. The van der Waals surface area contributed by atoms with E-state index in [1.165, 1.54) is 7.11 Å². The van der Waals surface area contributed by atoms with E-state index in [-0.39, 0.29) is 10.8 Å². The van der Waals surface area contributed by atoms with E-state index in [9.17, 15) is 18.0 Å². The van der Waals surface area contributed by atoms with E-state index in [2.05, 4.69) is 4.74 Å². The molecule has 0 fully saturated rings. The minimum atomic E-state index is -4.47. The molecule has 0 saturated heterocycles. The number of rotatable bonds is 3. The zero-order valence-corrected chi connectivity index (χ0v) is 9.43. The first-order valence-corrected chi connectivity index (χ1v) is 4.78. The lowest BCUT2D eigenvalue weighted by Crippen LogP contribution is -2.13. The Morgan fingerprint density at radius 3 is 2.53 bits per heavy atom. The molecule has 0 aromatic heterocycles. The zero-order chi connectivity index (χ0) is 13.1. The number of halogens is 4. The van der Waals surface area contributed by atoms with Gasteiger partial charge < -0.3 is 9.47 Å². The van der Waals surface area contributed by atoms with E-state index in [1.807, 2.05) is 0 Å². The van der Waals surface area contributed by atoms with E-state index in [4.69, 9.17) is 16.3 Å². The molecular weight excluding hydrogens is 261 g/mol. The highest BCUT2D eigenvalue weighted by molar-refractivity contribution is 6.32. The maximum atomic E-state index is 12.3. The van der Waals surface area contributed by atoms with Gasteiger partial charge in [0.25, 0.3) is 0 Å². The molecule has 17 heavy (non-hydrogen) atoms. The number of esters is 1. The van der Waals surface area contributed by atoms with Crippen molar-refractivity contribution in [1.82, 2.24) is 0 Å². The van der Waals surface area contributed by atoms with Gasteiger partial charge >= 0.3 is 12.1 Å². The molecular formula is C10H8ClF3O3. The Kier molecular flexibility index (Phi) is 4.22. The third-order valence-electron chi connectivity index (χ3n) is 1.83. The summed E-state index contributed by atoms with van der Waals surface area (Å²) >= 11 is 5.58. The van der Waals surface area contributed by atoms with Crippen molar-refractivity contribution in [2.45, 2.75) is 6.18 Å². The Labute approximate surface area is 100 Å². The molecule has 0 aliphatic heterocycles. The molecule has 0 N–H and O–H groups in total. The van der Waals surface area contributed by atoms with Crippen LogP contribution in [-0.2, 0) is 15.7 Å². The minimum Gasteiger partial charge on any atom is -0.480 e. The number of ether oxygens (including phenoxy) is 2. The van der Waals surface area contributed by atoms with Crippen molar-refractivity contribution in [3.8, 4) is 5.75 Å². The van der Waals surface area contributed by atoms with Crippen LogP contribution in [0.4, 0.5) is 13.2 Å². The molecule has 0 unspecified atom stereocenters. The van der Waals surface area contributed by atoms with E-state index < -0.39 is 24.3 Å². The number of hydrogen-bond donors (Lipinski definition) is 0. The number of methoxy groups -OCH3 is 1. The Bertz CT molecular complexity index is 418. The summed E-state index contributed by atoms with van der Waals surface area (Å²) in [6.45, 7) is -0.415. The molecule has 0 radical (unpaired) electrons. The molecule has 1 rings (SSSR count). The number of alkyl halides is 3. The number of carbonyl (C=O) groups excluding carboxylic acids is 1. The highest BCUT2D eigenvalue weighted by atomic mass is 35.5. The average molecular weight is 269 g/mol. The van der Waals surface area contributed by atoms with Crippen molar-refractivity contribution in [3.63, 3.8) is 0 Å². The van der Waals surface area contributed by atoms with Crippen LogP contribution < -0.4 is 4.74 Å². The predicted octanol–water partition coefficient (Wildman–Crippen LogP) is 2.91. The fourth-order valence-electron chi connectivity index (χ4n) is 0.990. The predicted molar refractivity (Wildman–Crippen MR) is 54.0 cm³/mol. The normalized spacial score (nSPS) is 11.1. The van der Waals surface area contributed by atoms with Crippen molar-refractivity contribution in [3.05, 3.63) is 28.8 Å². The van der Waals surface area contributed by atoms with Gasteiger partial charge in [0, 0.05) is 0 Å². The summed E-state index contributed by atoms with van der Waals surface area (Å²) in [6, 6.07) is 2.60. The highest BCUT2D eigenvalue weighted by Crippen LogP contribution is 2.34. The van der Waals surface area contributed by atoms with Crippen molar-refractivity contribution in [2.24, 2.45) is 0 Å². The largest absolute Gasteiger partial charge is 0.480 e. The van der Waals surface area contributed by atoms with Crippen LogP contribution in [-0.4, -0.2) is 19.7 Å². The highest BCUT2D eigenvalue weighted by Gasteiger charge is 2.31. The monoisotopic (exact) mass is 268 g/mol. The van der Waals surface area contributed by atoms with Crippen LogP contribution in [0, 0.1) is 0 Å². The van der Waals surface area contributed by atoms with Crippen LogP contribution in [0.15, 0.2) is 18.2 Å². The van der Waals surface area contributed by atoms with Crippen molar-refractivity contribution >= 4 is 17.6 Å². The smallest absolute Gasteiger partial charge is 0.416 e. The number of carbonyl (C=O) groups is 1. The van der Waals surface area contributed by atoms with Gasteiger partial charge in [0.2, 0.25) is 0 Å². The van der Waals surface area contributed by atoms with E-state index >= 15 is 0 Å². The molecule has 0 saturated carbocycles. The second-order valence-corrected chi connectivity index (χ2v) is 3.41. The first kappa shape index (κ1) is 13.6. The maximum Gasteiger partial charge on any atom is 0.416 e. The van der Waals surface area contributed by atoms with Crippen LogP contribution in [0.3, 0.4) is 0 Å². The van der Waals surface area contributed by atoms with Gasteiger partial charge in [-0.25, -0.2) is 4.79 Å². The molecule has 0 heterocycles. The van der Waals surface area contributed by atoms with Crippen LogP contribution >= 0.6 is 11.6 Å². The standard InChI is InChI=1S/C10H8ClF3O3/c1-16-9(15)5-17-8-3-2-6(4-7(8)11)10(12,13)14/h2-4H,5H2,1H3. The third-order valence-corrected chi connectivity index (χ3v) is 2.13. The lowest BCUT2D eigenvalue weighted by atomic mass is 10.2. The van der Waals surface area contributed by atoms with Gasteiger partial charge in [-0.2, -0.15) is 13.2 Å². The Balaban J connectivity index is 2.80. The second kappa shape index (κ2) is 5.27. The summed E-state index contributed by atoms with van der Waals surface area (Å²) in [5.41, 5.74) is -0.882. The molecule has 94 valence electrons. The molecule has 7 heteroatoms. The summed E-state index contributed by atoms with van der Waals surface area (Å²) in [4.78, 5) is 10.8. The molecule has 0 amide bonds. The number of hydrogen-bond acceptors (Lipinski definition) is 3. The van der Waals surface area contributed by atoms with E-state index in [0.717, 1.165) is 18.2 Å². The van der Waals surface area contributed by atoms with Crippen LogP contribution in [0.25, 0.3) is 0 Å². The lowest BCUT2D eigenvalue weighted by Gasteiger charge is -2.10. The zero-order valence-electron chi connectivity index (χ0n) is 8.68. The molecule has 0 spiro atoms. The first-order chi connectivity index (χ1) is 7.84. The van der Waals surface area contributed by atoms with Gasteiger partial charge in [-0.1, -0.05) is 11.6 Å².